The van der Waals surface area contributed by atoms with Crippen LogP contribution in [0, 0.1) is 5.41 Å². The van der Waals surface area contributed by atoms with E-state index in [1.807, 2.05) is 0 Å². The minimum Gasteiger partial charge on any atom is -0.347 e. The van der Waals surface area contributed by atoms with Crippen LogP contribution in [0.2, 0.25) is 0 Å². The van der Waals surface area contributed by atoms with Crippen LogP contribution in [0.5, 0.6) is 0 Å². The van der Waals surface area contributed by atoms with E-state index in [9.17, 15) is 0 Å². The van der Waals surface area contributed by atoms with Crippen LogP contribution in [0.3, 0.4) is 0 Å². The number of allylic oxidation sites excluding steroid dienone is 2. The lowest BCUT2D eigenvalue weighted by atomic mass is 10.5. The van der Waals surface area contributed by atoms with Gasteiger partial charge in [-0.15, -0.1) is 0 Å². The molecule has 1 rings (SSSR count). The lowest BCUT2D eigenvalue weighted by Gasteiger charge is -2.00. The molecule has 0 aliphatic carbocycles. The molecule has 46 valence electrons. The number of rotatable bonds is 1. The summed E-state index contributed by atoms with van der Waals surface area (Å²) in [5.74, 6) is 0.701. The Bertz CT molecular complexity index is 188. The van der Waals surface area contributed by atoms with Gasteiger partial charge in [-0.1, -0.05) is 0 Å². The summed E-state index contributed by atoms with van der Waals surface area (Å²) in [6, 6.07) is 0. The third kappa shape index (κ3) is 1.53. The number of hydrogen-bond donors (Lipinski definition) is 2. The number of hydrogen-bond acceptors (Lipinski definition) is 3. The van der Waals surface area contributed by atoms with Crippen molar-refractivity contribution in [3.05, 3.63) is 24.2 Å². The molecule has 0 spiro atoms. The van der Waals surface area contributed by atoms with Crippen LogP contribution in [-0.2, 0) is 0 Å². The van der Waals surface area contributed by atoms with Crippen molar-refractivity contribution in [1.29, 1.82) is 5.41 Å². The highest BCUT2D eigenvalue weighted by Crippen LogP contribution is 1.92. The quantitative estimate of drug-likeness (QED) is 0.492. The summed E-state index contributed by atoms with van der Waals surface area (Å²) in [4.78, 5) is 3.91. The maximum atomic E-state index is 6.70. The molecule has 0 fully saturated rings. The van der Waals surface area contributed by atoms with Crippen molar-refractivity contribution < 1.29 is 0 Å². The van der Waals surface area contributed by atoms with Crippen LogP contribution in [0.1, 0.15) is 0 Å². The van der Waals surface area contributed by atoms with E-state index >= 15 is 0 Å². The molecule has 0 aromatic heterocycles. The summed E-state index contributed by atoms with van der Waals surface area (Å²) in [6.07, 6.45) is 8.01. The molecule has 3 heteroatoms. The molecule has 0 amide bonds. The first kappa shape index (κ1) is 5.75. The predicted molar refractivity (Wildman–Crippen MR) is 37.6 cm³/mol. The van der Waals surface area contributed by atoms with Crippen molar-refractivity contribution in [3.8, 4) is 0 Å². The molecule has 0 saturated carbocycles. The fraction of sp³-hybridized carbons (Fsp3) is 0. The van der Waals surface area contributed by atoms with Crippen LogP contribution >= 0.6 is 0 Å². The van der Waals surface area contributed by atoms with Crippen LogP contribution < -0.4 is 5.32 Å². The molecule has 0 aromatic rings. The largest absolute Gasteiger partial charge is 0.347 e. The fourth-order valence-corrected chi connectivity index (χ4v) is 0.507. The molecular formula is C6H7N3. The van der Waals surface area contributed by atoms with Gasteiger partial charge in [0.15, 0.2) is 0 Å². The predicted octanol–water partition coefficient (Wildman–Crippen LogP) is 0.665. The molecule has 0 atom stereocenters. The van der Waals surface area contributed by atoms with Gasteiger partial charge in [-0.2, -0.15) is 0 Å². The van der Waals surface area contributed by atoms with Gasteiger partial charge in [-0.05, 0) is 12.2 Å². The van der Waals surface area contributed by atoms with Crippen molar-refractivity contribution in [2.75, 3.05) is 0 Å². The van der Waals surface area contributed by atoms with Crippen molar-refractivity contribution in [2.45, 2.75) is 0 Å². The van der Waals surface area contributed by atoms with E-state index < -0.39 is 0 Å². The van der Waals surface area contributed by atoms with Gasteiger partial charge in [0.1, 0.15) is 5.82 Å². The zero-order valence-corrected chi connectivity index (χ0v) is 4.83. The molecule has 2 N–H and O–H groups in total. The van der Waals surface area contributed by atoms with E-state index in [1.54, 1.807) is 24.6 Å². The van der Waals surface area contributed by atoms with Gasteiger partial charge in [-0.25, -0.2) is 4.99 Å². The SMILES string of the molecule is N=C/C=C1/N=CC=CN1. The van der Waals surface area contributed by atoms with Crippen LogP contribution in [0.4, 0.5) is 0 Å². The van der Waals surface area contributed by atoms with Gasteiger partial charge < -0.3 is 10.7 Å². The number of nitrogens with zero attached hydrogens (tertiary/aromatic N) is 1. The van der Waals surface area contributed by atoms with E-state index in [4.69, 9.17) is 5.41 Å². The molecule has 3 nitrogen and oxygen atoms in total. The zero-order chi connectivity index (χ0) is 6.53. The Labute approximate surface area is 53.3 Å². The second-order valence-electron chi connectivity index (χ2n) is 1.50. The van der Waals surface area contributed by atoms with E-state index in [-0.39, 0.29) is 0 Å². The monoisotopic (exact) mass is 121 g/mol. The first-order valence-corrected chi connectivity index (χ1v) is 2.60. The highest BCUT2D eigenvalue weighted by molar-refractivity contribution is 5.75. The summed E-state index contributed by atoms with van der Waals surface area (Å²) in [5, 5.41) is 9.55. The van der Waals surface area contributed by atoms with Gasteiger partial charge >= 0.3 is 0 Å². The molecule has 1 heterocycles. The van der Waals surface area contributed by atoms with E-state index in [0.29, 0.717) is 5.82 Å². The van der Waals surface area contributed by atoms with E-state index in [2.05, 4.69) is 10.3 Å². The maximum Gasteiger partial charge on any atom is 0.131 e. The molecule has 0 bridgehead atoms. The maximum absolute atomic E-state index is 6.70. The van der Waals surface area contributed by atoms with Crippen LogP contribution in [-0.4, -0.2) is 12.4 Å². The van der Waals surface area contributed by atoms with Crippen molar-refractivity contribution in [2.24, 2.45) is 4.99 Å². The summed E-state index contributed by atoms with van der Waals surface area (Å²) in [5.41, 5.74) is 0. The summed E-state index contributed by atoms with van der Waals surface area (Å²) in [7, 11) is 0. The average Bonchev–Trinajstić information content (AvgIpc) is 1.91. The van der Waals surface area contributed by atoms with Gasteiger partial charge in [0.2, 0.25) is 0 Å². The highest BCUT2D eigenvalue weighted by Gasteiger charge is 1.88. The van der Waals surface area contributed by atoms with Crippen molar-refractivity contribution >= 4 is 12.4 Å². The van der Waals surface area contributed by atoms with Crippen molar-refractivity contribution in [3.63, 3.8) is 0 Å². The lowest BCUT2D eigenvalue weighted by molar-refractivity contribution is 1.02. The average molecular weight is 121 g/mol. The Kier molecular flexibility index (Phi) is 1.80. The van der Waals surface area contributed by atoms with Crippen LogP contribution in [0.25, 0.3) is 0 Å². The lowest BCUT2D eigenvalue weighted by Crippen LogP contribution is -2.05. The topological polar surface area (TPSA) is 48.2 Å². The third-order valence-electron chi connectivity index (χ3n) is 0.868. The minimum atomic E-state index is 0.701. The minimum absolute atomic E-state index is 0.701. The zero-order valence-electron chi connectivity index (χ0n) is 4.83. The third-order valence-corrected chi connectivity index (χ3v) is 0.868. The van der Waals surface area contributed by atoms with E-state index in [0.717, 1.165) is 0 Å². The first-order valence-electron chi connectivity index (χ1n) is 2.60. The van der Waals surface area contributed by atoms with Crippen LogP contribution in [0.15, 0.2) is 29.2 Å². The Morgan fingerprint density at radius 3 is 3.11 bits per heavy atom. The Balaban J connectivity index is 2.65. The Hall–Kier alpha value is -1.38. The second-order valence-corrected chi connectivity index (χ2v) is 1.50. The van der Waals surface area contributed by atoms with E-state index in [1.165, 1.54) is 6.21 Å². The highest BCUT2D eigenvalue weighted by atomic mass is 15.0. The molecular weight excluding hydrogens is 114 g/mol. The van der Waals surface area contributed by atoms with Gasteiger partial charge in [0.05, 0.1) is 0 Å². The normalized spacial score (nSPS) is 19.8. The first-order chi connectivity index (χ1) is 4.43. The summed E-state index contributed by atoms with van der Waals surface area (Å²) < 4.78 is 0. The van der Waals surface area contributed by atoms with Gasteiger partial charge in [0, 0.05) is 18.6 Å². The molecule has 1 aliphatic heterocycles. The fourth-order valence-electron chi connectivity index (χ4n) is 0.507. The molecule has 0 unspecified atom stereocenters. The molecule has 0 saturated heterocycles. The summed E-state index contributed by atoms with van der Waals surface area (Å²) >= 11 is 0. The molecule has 1 aliphatic rings. The molecule has 0 aromatic carbocycles. The molecule has 9 heavy (non-hydrogen) atoms. The van der Waals surface area contributed by atoms with Gasteiger partial charge in [-0.3, -0.25) is 0 Å². The number of aliphatic imine (C=N–C) groups is 1. The Morgan fingerprint density at radius 2 is 2.56 bits per heavy atom. The second kappa shape index (κ2) is 2.81. The Morgan fingerprint density at radius 1 is 1.67 bits per heavy atom. The van der Waals surface area contributed by atoms with Gasteiger partial charge in [0.25, 0.3) is 0 Å². The summed E-state index contributed by atoms with van der Waals surface area (Å²) in [6.45, 7) is 0. The standard InChI is InChI=1S/C6H7N3/c7-3-2-6-8-4-1-5-9-6/h1-5,7-8H/b6-2+,7-3?. The number of nitrogens with one attached hydrogen (secondary N) is 2. The molecule has 0 radical (unpaired) electrons. The smallest absolute Gasteiger partial charge is 0.131 e. The van der Waals surface area contributed by atoms with Crippen molar-refractivity contribution in [1.82, 2.24) is 5.32 Å².